The number of hydrogen-bond acceptors (Lipinski definition) is 6. The molecule has 5 amide bonds. The maximum Gasteiger partial charge on any atom is 0.278 e. The molecule has 27 heavy (non-hydrogen) atoms. The van der Waals surface area contributed by atoms with Crippen molar-refractivity contribution < 1.29 is 24.0 Å². The van der Waals surface area contributed by atoms with Crippen LogP contribution in [0.15, 0.2) is 36.0 Å². The molecule has 0 spiro atoms. The van der Waals surface area contributed by atoms with Gasteiger partial charge in [-0.3, -0.25) is 34.2 Å². The predicted octanol–water partition coefficient (Wildman–Crippen LogP) is -0.142. The minimum atomic E-state index is -1.01. The fourth-order valence-electron chi connectivity index (χ4n) is 2.94. The van der Waals surface area contributed by atoms with E-state index in [1.165, 1.54) is 4.90 Å². The van der Waals surface area contributed by atoms with Crippen molar-refractivity contribution in [1.82, 2.24) is 15.1 Å². The first-order valence-corrected chi connectivity index (χ1v) is 8.29. The van der Waals surface area contributed by atoms with Crippen molar-refractivity contribution >= 4 is 35.2 Å². The Balaban J connectivity index is 1.77. The molecule has 1 saturated heterocycles. The van der Waals surface area contributed by atoms with Crippen molar-refractivity contribution in [3.8, 4) is 0 Å². The minimum absolute atomic E-state index is 0.000785. The molecular weight excluding hydrogens is 352 g/mol. The van der Waals surface area contributed by atoms with E-state index < -0.39 is 29.7 Å². The van der Waals surface area contributed by atoms with Crippen molar-refractivity contribution in [2.24, 2.45) is 0 Å². The summed E-state index contributed by atoms with van der Waals surface area (Å²) in [6, 6.07) is 5.49. The molecule has 1 aromatic rings. The maximum atomic E-state index is 12.6. The van der Waals surface area contributed by atoms with Gasteiger partial charge in [0.15, 0.2) is 0 Å². The number of nitrogens with zero attached hydrogens (tertiary/aromatic N) is 2. The van der Waals surface area contributed by atoms with Gasteiger partial charge in [-0.25, -0.2) is 0 Å². The summed E-state index contributed by atoms with van der Waals surface area (Å²) in [6.07, 6.45) is 1.26. The van der Waals surface area contributed by atoms with Gasteiger partial charge < -0.3 is 10.2 Å². The Morgan fingerprint density at radius 2 is 1.96 bits per heavy atom. The Kier molecular flexibility index (Phi) is 4.76. The van der Waals surface area contributed by atoms with E-state index in [1.54, 1.807) is 38.4 Å². The number of carbonyl (C=O) groups is 5. The standard InChI is InChI=1S/C18H18N4O5/c1-21(2)17(26)10-4-3-5-11(8-10)19-12-9-15(24)22(18(12)27)13-6-7-14(23)20-16(13)25/h3-5,8-9,13,19H,6-7H2,1-2H3,(H,20,23,25). The van der Waals surface area contributed by atoms with Crippen molar-refractivity contribution in [2.75, 3.05) is 19.4 Å². The van der Waals surface area contributed by atoms with Crippen LogP contribution < -0.4 is 10.6 Å². The summed E-state index contributed by atoms with van der Waals surface area (Å²) in [5.41, 5.74) is 0.878. The Morgan fingerprint density at radius 1 is 1.22 bits per heavy atom. The molecule has 1 fully saturated rings. The molecule has 9 nitrogen and oxygen atoms in total. The molecular formula is C18H18N4O5. The third kappa shape index (κ3) is 3.57. The van der Waals surface area contributed by atoms with Crippen LogP contribution in [0.4, 0.5) is 5.69 Å². The second kappa shape index (κ2) is 7.02. The van der Waals surface area contributed by atoms with E-state index in [0.29, 0.717) is 11.3 Å². The zero-order chi connectivity index (χ0) is 19.7. The van der Waals surface area contributed by atoms with Crippen LogP contribution in [0.25, 0.3) is 0 Å². The summed E-state index contributed by atoms with van der Waals surface area (Å²) in [5, 5.41) is 4.96. The monoisotopic (exact) mass is 370 g/mol. The number of anilines is 1. The molecule has 2 aliphatic rings. The second-order valence-corrected chi connectivity index (χ2v) is 6.44. The van der Waals surface area contributed by atoms with E-state index in [9.17, 15) is 24.0 Å². The van der Waals surface area contributed by atoms with Crippen LogP contribution in [-0.2, 0) is 19.2 Å². The second-order valence-electron chi connectivity index (χ2n) is 6.44. The van der Waals surface area contributed by atoms with Crippen LogP contribution in [0.2, 0.25) is 0 Å². The van der Waals surface area contributed by atoms with Crippen LogP contribution >= 0.6 is 0 Å². The van der Waals surface area contributed by atoms with Crippen LogP contribution in [0.3, 0.4) is 0 Å². The molecule has 9 heteroatoms. The number of amides is 5. The van der Waals surface area contributed by atoms with Crippen molar-refractivity contribution in [2.45, 2.75) is 18.9 Å². The highest BCUT2D eigenvalue weighted by molar-refractivity contribution is 6.20. The zero-order valence-electron chi connectivity index (χ0n) is 14.8. The van der Waals surface area contributed by atoms with E-state index in [0.717, 1.165) is 11.0 Å². The first-order valence-electron chi connectivity index (χ1n) is 8.29. The molecule has 2 heterocycles. The molecule has 1 aromatic carbocycles. The molecule has 0 saturated carbocycles. The highest BCUT2D eigenvalue weighted by Crippen LogP contribution is 2.23. The van der Waals surface area contributed by atoms with E-state index in [2.05, 4.69) is 10.6 Å². The van der Waals surface area contributed by atoms with Crippen LogP contribution in [0, 0.1) is 0 Å². The zero-order valence-corrected chi connectivity index (χ0v) is 14.8. The van der Waals surface area contributed by atoms with Crippen LogP contribution in [0.5, 0.6) is 0 Å². The van der Waals surface area contributed by atoms with Gasteiger partial charge in [0, 0.05) is 37.8 Å². The average Bonchev–Trinajstić information content (AvgIpc) is 2.88. The highest BCUT2D eigenvalue weighted by Gasteiger charge is 2.42. The molecule has 1 unspecified atom stereocenters. The number of nitrogens with one attached hydrogen (secondary N) is 2. The number of benzene rings is 1. The molecule has 0 aromatic heterocycles. The third-order valence-electron chi connectivity index (χ3n) is 4.27. The minimum Gasteiger partial charge on any atom is -0.351 e. The molecule has 2 N–H and O–H groups in total. The van der Waals surface area contributed by atoms with Gasteiger partial charge in [0.1, 0.15) is 11.7 Å². The lowest BCUT2D eigenvalue weighted by Crippen LogP contribution is -2.54. The van der Waals surface area contributed by atoms with E-state index >= 15 is 0 Å². The fraction of sp³-hybridized carbons (Fsp3) is 0.278. The van der Waals surface area contributed by atoms with E-state index in [1.807, 2.05) is 0 Å². The number of carbonyl (C=O) groups excluding carboxylic acids is 5. The Morgan fingerprint density at radius 3 is 2.63 bits per heavy atom. The summed E-state index contributed by atoms with van der Waals surface area (Å²) in [6.45, 7) is 0. The first kappa shape index (κ1) is 18.3. The molecule has 0 aliphatic carbocycles. The Labute approximate surface area is 155 Å². The topological polar surface area (TPSA) is 116 Å². The fourth-order valence-corrected chi connectivity index (χ4v) is 2.94. The smallest absolute Gasteiger partial charge is 0.278 e. The highest BCUT2D eigenvalue weighted by atomic mass is 16.2. The molecule has 1 atom stereocenters. The summed E-state index contributed by atoms with van der Waals surface area (Å²) in [4.78, 5) is 62.4. The number of rotatable bonds is 4. The number of piperidine rings is 1. The lowest BCUT2D eigenvalue weighted by atomic mass is 10.0. The maximum absolute atomic E-state index is 12.6. The summed E-state index contributed by atoms with van der Waals surface area (Å²) >= 11 is 0. The van der Waals surface area contributed by atoms with Crippen molar-refractivity contribution in [1.29, 1.82) is 0 Å². The summed E-state index contributed by atoms with van der Waals surface area (Å²) in [5.74, 6) is -2.58. The van der Waals surface area contributed by atoms with Crippen molar-refractivity contribution in [3.63, 3.8) is 0 Å². The first-order chi connectivity index (χ1) is 12.8. The predicted molar refractivity (Wildman–Crippen MR) is 94.2 cm³/mol. The van der Waals surface area contributed by atoms with Gasteiger partial charge in [-0.15, -0.1) is 0 Å². The quantitative estimate of drug-likeness (QED) is 0.713. The Hall–Kier alpha value is -3.49. The molecule has 0 bridgehead atoms. The van der Waals surface area contributed by atoms with Crippen LogP contribution in [-0.4, -0.2) is 59.5 Å². The third-order valence-corrected chi connectivity index (χ3v) is 4.27. The van der Waals surface area contributed by atoms with Gasteiger partial charge in [0.25, 0.3) is 17.7 Å². The van der Waals surface area contributed by atoms with Crippen molar-refractivity contribution in [3.05, 3.63) is 41.6 Å². The number of hydrogen-bond donors (Lipinski definition) is 2. The molecule has 0 radical (unpaired) electrons. The Bertz CT molecular complexity index is 889. The lowest BCUT2D eigenvalue weighted by Gasteiger charge is -2.28. The molecule has 3 rings (SSSR count). The number of imide groups is 2. The SMILES string of the molecule is CN(C)C(=O)c1cccc(NC2=CC(=O)N(C3CCC(=O)NC3=O)C2=O)c1. The molecule has 140 valence electrons. The van der Waals surface area contributed by atoms with E-state index in [4.69, 9.17) is 0 Å². The summed E-state index contributed by atoms with van der Waals surface area (Å²) < 4.78 is 0. The van der Waals surface area contributed by atoms with Gasteiger partial charge in [0.05, 0.1) is 0 Å². The van der Waals surface area contributed by atoms with Gasteiger partial charge in [0.2, 0.25) is 11.8 Å². The summed E-state index contributed by atoms with van der Waals surface area (Å²) in [7, 11) is 3.25. The molecule has 2 aliphatic heterocycles. The van der Waals surface area contributed by atoms with Gasteiger partial charge in [-0.2, -0.15) is 0 Å². The van der Waals surface area contributed by atoms with Gasteiger partial charge >= 0.3 is 0 Å². The average molecular weight is 370 g/mol. The van der Waals surface area contributed by atoms with Gasteiger partial charge in [-0.1, -0.05) is 6.07 Å². The van der Waals surface area contributed by atoms with E-state index in [-0.39, 0.29) is 24.4 Å². The normalized spacial score (nSPS) is 19.7. The van der Waals surface area contributed by atoms with Gasteiger partial charge in [-0.05, 0) is 24.6 Å². The lowest BCUT2D eigenvalue weighted by molar-refractivity contribution is -0.149. The largest absolute Gasteiger partial charge is 0.351 e. The van der Waals surface area contributed by atoms with Crippen LogP contribution in [0.1, 0.15) is 23.2 Å².